The van der Waals surface area contributed by atoms with Crippen LogP contribution in [0.15, 0.2) is 35.0 Å². The summed E-state index contributed by atoms with van der Waals surface area (Å²) in [6.07, 6.45) is 0. The molecule has 2 aromatic rings. The van der Waals surface area contributed by atoms with E-state index < -0.39 is 5.91 Å². The number of thiophene rings is 1. The zero-order valence-electron chi connectivity index (χ0n) is 8.44. The number of carbonyl (C=O) groups excluding carboxylic acids is 1. The van der Waals surface area contributed by atoms with Crippen LogP contribution in [0, 0.1) is 0 Å². The highest BCUT2D eigenvalue weighted by molar-refractivity contribution is 7.08. The molecule has 0 saturated heterocycles. The molecular formula is C11H11N3OS. The van der Waals surface area contributed by atoms with Gasteiger partial charge in [-0.25, -0.2) is 0 Å². The summed E-state index contributed by atoms with van der Waals surface area (Å²) in [7, 11) is 0. The Kier molecular flexibility index (Phi) is 2.78. The molecule has 4 nitrogen and oxygen atoms in total. The lowest BCUT2D eigenvalue weighted by atomic mass is 10.1. The van der Waals surface area contributed by atoms with Crippen LogP contribution in [-0.2, 0) is 0 Å². The molecule has 0 unspecified atom stereocenters. The molecule has 1 heterocycles. The summed E-state index contributed by atoms with van der Waals surface area (Å²) in [5.74, 6) is -0.522. The topological polar surface area (TPSA) is 81.1 Å². The van der Waals surface area contributed by atoms with E-state index in [0.717, 1.165) is 5.69 Å². The Balaban J connectivity index is 2.35. The first kappa shape index (κ1) is 10.5. The van der Waals surface area contributed by atoms with Crippen molar-refractivity contribution in [1.82, 2.24) is 0 Å². The number of benzene rings is 1. The van der Waals surface area contributed by atoms with Gasteiger partial charge in [0.15, 0.2) is 0 Å². The average Bonchev–Trinajstić information content (AvgIpc) is 2.73. The van der Waals surface area contributed by atoms with E-state index in [2.05, 4.69) is 5.32 Å². The number of rotatable bonds is 3. The quantitative estimate of drug-likeness (QED) is 0.711. The van der Waals surface area contributed by atoms with Crippen molar-refractivity contribution in [2.75, 3.05) is 11.1 Å². The second-order valence-electron chi connectivity index (χ2n) is 3.27. The molecule has 0 bridgehead atoms. The van der Waals surface area contributed by atoms with Crippen LogP contribution in [0.1, 0.15) is 10.4 Å². The normalized spacial score (nSPS) is 10.0. The number of primary amides is 1. The first-order valence-corrected chi connectivity index (χ1v) is 5.60. The van der Waals surface area contributed by atoms with E-state index in [0.29, 0.717) is 16.9 Å². The zero-order chi connectivity index (χ0) is 11.5. The highest BCUT2D eigenvalue weighted by Crippen LogP contribution is 2.26. The van der Waals surface area contributed by atoms with Gasteiger partial charge in [-0.15, -0.1) is 0 Å². The fourth-order valence-electron chi connectivity index (χ4n) is 1.38. The first-order valence-electron chi connectivity index (χ1n) is 4.66. The Hall–Kier alpha value is -2.01. The third-order valence-corrected chi connectivity index (χ3v) is 2.86. The van der Waals surface area contributed by atoms with Crippen molar-refractivity contribution in [2.24, 2.45) is 5.73 Å². The second kappa shape index (κ2) is 4.24. The molecule has 1 amide bonds. The molecule has 2 rings (SSSR count). The Morgan fingerprint density at radius 2 is 2.12 bits per heavy atom. The number of carbonyl (C=O) groups is 1. The van der Waals surface area contributed by atoms with Crippen LogP contribution in [-0.4, -0.2) is 5.91 Å². The SMILES string of the molecule is NC(=O)c1cccc(Nc2ccsc2)c1N. The Morgan fingerprint density at radius 1 is 1.31 bits per heavy atom. The Labute approximate surface area is 96.9 Å². The maximum atomic E-state index is 11.1. The highest BCUT2D eigenvalue weighted by Gasteiger charge is 2.09. The lowest BCUT2D eigenvalue weighted by Crippen LogP contribution is -2.14. The van der Waals surface area contributed by atoms with Crippen LogP contribution >= 0.6 is 11.3 Å². The van der Waals surface area contributed by atoms with Crippen molar-refractivity contribution >= 4 is 34.3 Å². The predicted molar refractivity (Wildman–Crippen MR) is 67.0 cm³/mol. The summed E-state index contributed by atoms with van der Waals surface area (Å²) < 4.78 is 0. The molecule has 1 aromatic heterocycles. The number of hydrogen-bond donors (Lipinski definition) is 3. The van der Waals surface area contributed by atoms with Crippen LogP contribution in [0.2, 0.25) is 0 Å². The molecule has 0 fully saturated rings. The predicted octanol–water partition coefficient (Wildman–Crippen LogP) is 2.17. The van der Waals surface area contributed by atoms with Crippen molar-refractivity contribution in [3.05, 3.63) is 40.6 Å². The molecule has 82 valence electrons. The highest BCUT2D eigenvalue weighted by atomic mass is 32.1. The fraction of sp³-hybridized carbons (Fsp3) is 0. The molecule has 0 radical (unpaired) electrons. The number of nitrogens with two attached hydrogens (primary N) is 2. The summed E-state index contributed by atoms with van der Waals surface area (Å²) in [4.78, 5) is 11.1. The van der Waals surface area contributed by atoms with Gasteiger partial charge >= 0.3 is 0 Å². The van der Waals surface area contributed by atoms with Crippen molar-refractivity contribution in [2.45, 2.75) is 0 Å². The van der Waals surface area contributed by atoms with E-state index >= 15 is 0 Å². The van der Waals surface area contributed by atoms with Gasteiger partial charge in [0.25, 0.3) is 5.91 Å². The molecule has 0 atom stereocenters. The van der Waals surface area contributed by atoms with Gasteiger partial charge in [0, 0.05) is 11.1 Å². The molecule has 5 heteroatoms. The second-order valence-corrected chi connectivity index (χ2v) is 4.05. The van der Waals surface area contributed by atoms with Crippen molar-refractivity contribution in [1.29, 1.82) is 0 Å². The van der Waals surface area contributed by atoms with Crippen molar-refractivity contribution in [3.8, 4) is 0 Å². The van der Waals surface area contributed by atoms with Gasteiger partial charge in [-0.2, -0.15) is 11.3 Å². The van der Waals surface area contributed by atoms with Crippen LogP contribution in [0.4, 0.5) is 17.1 Å². The maximum Gasteiger partial charge on any atom is 0.250 e. The molecule has 0 saturated carbocycles. The van der Waals surface area contributed by atoms with E-state index in [4.69, 9.17) is 11.5 Å². The molecule has 5 N–H and O–H groups in total. The third kappa shape index (κ3) is 1.99. The minimum Gasteiger partial charge on any atom is -0.396 e. The molecule has 0 aliphatic carbocycles. The summed E-state index contributed by atoms with van der Waals surface area (Å²) in [5, 5.41) is 7.03. The average molecular weight is 233 g/mol. The van der Waals surface area contributed by atoms with Gasteiger partial charge < -0.3 is 16.8 Å². The molecule has 0 spiro atoms. The van der Waals surface area contributed by atoms with Gasteiger partial charge in [-0.1, -0.05) is 6.07 Å². The van der Waals surface area contributed by atoms with Gasteiger partial charge in [0.05, 0.1) is 16.9 Å². The maximum absolute atomic E-state index is 11.1. The van der Waals surface area contributed by atoms with E-state index in [-0.39, 0.29) is 0 Å². The third-order valence-electron chi connectivity index (χ3n) is 2.17. The van der Waals surface area contributed by atoms with Crippen LogP contribution < -0.4 is 16.8 Å². The monoisotopic (exact) mass is 233 g/mol. The minimum atomic E-state index is -0.522. The van der Waals surface area contributed by atoms with Gasteiger partial charge in [-0.05, 0) is 23.6 Å². The molecule has 16 heavy (non-hydrogen) atoms. The van der Waals surface area contributed by atoms with E-state index in [1.807, 2.05) is 16.8 Å². The van der Waals surface area contributed by atoms with Gasteiger partial charge in [-0.3, -0.25) is 4.79 Å². The summed E-state index contributed by atoms with van der Waals surface area (Å²) in [5.41, 5.74) is 13.4. The van der Waals surface area contributed by atoms with Crippen LogP contribution in [0.3, 0.4) is 0 Å². The number of hydrogen-bond acceptors (Lipinski definition) is 4. The first-order chi connectivity index (χ1) is 7.68. The van der Waals surface area contributed by atoms with E-state index in [1.165, 1.54) is 0 Å². The largest absolute Gasteiger partial charge is 0.396 e. The Bertz CT molecular complexity index is 508. The van der Waals surface area contributed by atoms with Crippen molar-refractivity contribution in [3.63, 3.8) is 0 Å². The number of nitrogen functional groups attached to an aromatic ring is 1. The smallest absolute Gasteiger partial charge is 0.250 e. The number of amides is 1. The van der Waals surface area contributed by atoms with Crippen LogP contribution in [0.25, 0.3) is 0 Å². The number of para-hydroxylation sites is 1. The fourth-order valence-corrected chi connectivity index (χ4v) is 1.97. The zero-order valence-corrected chi connectivity index (χ0v) is 9.25. The van der Waals surface area contributed by atoms with Crippen molar-refractivity contribution < 1.29 is 4.79 Å². The lowest BCUT2D eigenvalue weighted by Gasteiger charge is -2.09. The summed E-state index contributed by atoms with van der Waals surface area (Å²) >= 11 is 1.58. The van der Waals surface area contributed by atoms with E-state index in [9.17, 15) is 4.79 Å². The minimum absolute atomic E-state index is 0.334. The standard InChI is InChI=1S/C11H11N3OS/c12-10-8(11(13)15)2-1-3-9(10)14-7-4-5-16-6-7/h1-6,14H,12H2,(H2,13,15). The lowest BCUT2D eigenvalue weighted by molar-refractivity contribution is 0.100. The molecule has 0 aliphatic heterocycles. The number of anilines is 3. The summed E-state index contributed by atoms with van der Waals surface area (Å²) in [6, 6.07) is 7.09. The summed E-state index contributed by atoms with van der Waals surface area (Å²) in [6.45, 7) is 0. The molecule has 1 aromatic carbocycles. The molecule has 0 aliphatic rings. The van der Waals surface area contributed by atoms with Gasteiger partial charge in [0.2, 0.25) is 0 Å². The van der Waals surface area contributed by atoms with E-state index in [1.54, 1.807) is 29.5 Å². The molecular weight excluding hydrogens is 222 g/mol. The number of nitrogens with one attached hydrogen (secondary N) is 1. The Morgan fingerprint density at radius 3 is 2.75 bits per heavy atom. The van der Waals surface area contributed by atoms with Crippen LogP contribution in [0.5, 0.6) is 0 Å². The van der Waals surface area contributed by atoms with Gasteiger partial charge in [0.1, 0.15) is 0 Å².